The zero-order valence-corrected chi connectivity index (χ0v) is 14.0. The zero-order valence-electron chi connectivity index (χ0n) is 13.2. The van der Waals surface area contributed by atoms with Crippen molar-refractivity contribution in [3.63, 3.8) is 0 Å². The Morgan fingerprint density at radius 3 is 2.19 bits per heavy atom. The first kappa shape index (κ1) is 16.1. The van der Waals surface area contributed by atoms with Crippen LogP contribution in [0.15, 0.2) is 0 Å². The highest BCUT2D eigenvalue weighted by molar-refractivity contribution is 7.80. The summed E-state index contributed by atoms with van der Waals surface area (Å²) in [5.74, 6) is 0.901. The lowest BCUT2D eigenvalue weighted by molar-refractivity contribution is 0.551. The van der Waals surface area contributed by atoms with E-state index in [-0.39, 0.29) is 0 Å². The SMILES string of the molecule is CCc1nnc(N2CCCCCCC2)c(C(N)=S)c1CC. The number of thiocarbonyl (C=S) groups is 1. The average Bonchev–Trinajstić information content (AvgIpc) is 2.45. The Bertz CT molecular complexity index is 493. The minimum atomic E-state index is 0.452. The van der Waals surface area contributed by atoms with E-state index in [1.807, 2.05) is 0 Å². The third-order valence-corrected chi connectivity index (χ3v) is 4.43. The third-order valence-electron chi connectivity index (χ3n) is 4.23. The molecule has 21 heavy (non-hydrogen) atoms. The molecule has 1 saturated heterocycles. The molecule has 0 spiro atoms. The minimum absolute atomic E-state index is 0.452. The van der Waals surface area contributed by atoms with Crippen LogP contribution in [0.5, 0.6) is 0 Å². The van der Waals surface area contributed by atoms with E-state index in [9.17, 15) is 0 Å². The van der Waals surface area contributed by atoms with Gasteiger partial charge >= 0.3 is 0 Å². The zero-order chi connectivity index (χ0) is 15.2. The number of anilines is 1. The van der Waals surface area contributed by atoms with Gasteiger partial charge in [-0.2, -0.15) is 5.10 Å². The maximum Gasteiger partial charge on any atom is 0.161 e. The Kier molecular flexibility index (Phi) is 5.91. The first-order valence-corrected chi connectivity index (χ1v) is 8.53. The van der Waals surface area contributed by atoms with E-state index in [4.69, 9.17) is 18.0 Å². The predicted octanol–water partition coefficient (Wildman–Crippen LogP) is 3.01. The van der Waals surface area contributed by atoms with Crippen LogP contribution in [-0.4, -0.2) is 28.3 Å². The first-order chi connectivity index (χ1) is 10.2. The maximum atomic E-state index is 6.03. The molecule has 2 heterocycles. The van der Waals surface area contributed by atoms with Gasteiger partial charge in [-0.15, -0.1) is 5.10 Å². The number of hydrogen-bond acceptors (Lipinski definition) is 4. The van der Waals surface area contributed by atoms with Crippen LogP contribution in [0.1, 0.15) is 62.8 Å². The maximum absolute atomic E-state index is 6.03. The van der Waals surface area contributed by atoms with Crippen LogP contribution < -0.4 is 10.6 Å². The molecule has 2 rings (SSSR count). The van der Waals surface area contributed by atoms with Crippen molar-refractivity contribution < 1.29 is 0 Å². The van der Waals surface area contributed by atoms with E-state index in [2.05, 4.69) is 28.9 Å². The largest absolute Gasteiger partial charge is 0.389 e. The lowest BCUT2D eigenvalue weighted by Gasteiger charge is -2.28. The molecule has 1 aliphatic heterocycles. The molecule has 116 valence electrons. The van der Waals surface area contributed by atoms with E-state index in [0.29, 0.717) is 4.99 Å². The van der Waals surface area contributed by atoms with Crippen LogP contribution >= 0.6 is 12.2 Å². The Morgan fingerprint density at radius 2 is 1.67 bits per heavy atom. The summed E-state index contributed by atoms with van der Waals surface area (Å²) < 4.78 is 0. The highest BCUT2D eigenvalue weighted by Gasteiger charge is 2.21. The van der Waals surface area contributed by atoms with E-state index < -0.39 is 0 Å². The normalized spacial score (nSPS) is 16.4. The molecule has 1 aromatic heterocycles. The number of aryl methyl sites for hydroxylation is 1. The number of aromatic nitrogens is 2. The second kappa shape index (κ2) is 7.69. The third kappa shape index (κ3) is 3.70. The van der Waals surface area contributed by atoms with E-state index >= 15 is 0 Å². The van der Waals surface area contributed by atoms with Crippen LogP contribution in [0.3, 0.4) is 0 Å². The van der Waals surface area contributed by atoms with Gasteiger partial charge in [-0.25, -0.2) is 0 Å². The van der Waals surface area contributed by atoms with Gasteiger partial charge in [0.2, 0.25) is 0 Å². The van der Waals surface area contributed by atoms with E-state index in [0.717, 1.165) is 43.0 Å². The molecule has 5 heteroatoms. The molecule has 0 radical (unpaired) electrons. The number of rotatable bonds is 4. The Morgan fingerprint density at radius 1 is 1.05 bits per heavy atom. The van der Waals surface area contributed by atoms with Crippen molar-refractivity contribution in [3.05, 3.63) is 16.8 Å². The fourth-order valence-corrected chi connectivity index (χ4v) is 3.32. The summed E-state index contributed by atoms with van der Waals surface area (Å²) in [4.78, 5) is 2.78. The second-order valence-corrected chi connectivity index (χ2v) is 6.09. The first-order valence-electron chi connectivity index (χ1n) is 8.12. The van der Waals surface area contributed by atoms with Gasteiger partial charge in [0.1, 0.15) is 4.99 Å². The topological polar surface area (TPSA) is 55.0 Å². The number of hydrogen-bond donors (Lipinski definition) is 1. The molecule has 0 amide bonds. The van der Waals surface area contributed by atoms with Gasteiger partial charge in [0.15, 0.2) is 5.82 Å². The van der Waals surface area contributed by atoms with Crippen LogP contribution in [0.25, 0.3) is 0 Å². The summed E-state index contributed by atoms with van der Waals surface area (Å²) in [6.07, 6.45) is 8.10. The van der Waals surface area contributed by atoms with Crippen molar-refractivity contribution in [2.45, 2.75) is 58.8 Å². The summed E-state index contributed by atoms with van der Waals surface area (Å²) in [6.45, 7) is 6.29. The quantitative estimate of drug-likeness (QED) is 0.867. The molecule has 1 fully saturated rings. The summed E-state index contributed by atoms with van der Waals surface area (Å²) >= 11 is 5.32. The summed E-state index contributed by atoms with van der Waals surface area (Å²) in [7, 11) is 0. The highest BCUT2D eigenvalue weighted by atomic mass is 32.1. The monoisotopic (exact) mass is 306 g/mol. The standard InChI is InChI=1S/C16H26N4S/c1-3-12-13(4-2)18-19-16(14(12)15(17)21)20-10-8-6-5-7-9-11-20/h3-11H2,1-2H3,(H2,17,21). The molecule has 1 aliphatic rings. The fourth-order valence-electron chi connectivity index (χ4n) is 3.10. The number of nitrogens with zero attached hydrogens (tertiary/aromatic N) is 3. The van der Waals surface area contributed by atoms with Gasteiger partial charge in [-0.1, -0.05) is 45.3 Å². The van der Waals surface area contributed by atoms with Gasteiger partial charge in [0, 0.05) is 13.1 Å². The van der Waals surface area contributed by atoms with Gasteiger partial charge in [0.05, 0.1) is 11.3 Å². The van der Waals surface area contributed by atoms with Crippen LogP contribution in [0.2, 0.25) is 0 Å². The molecule has 4 nitrogen and oxygen atoms in total. The molecule has 0 aliphatic carbocycles. The molecule has 2 N–H and O–H groups in total. The predicted molar refractivity (Wildman–Crippen MR) is 92.0 cm³/mol. The Balaban J connectivity index is 2.43. The van der Waals surface area contributed by atoms with Gasteiger partial charge in [-0.05, 0) is 31.2 Å². The highest BCUT2D eigenvalue weighted by Crippen LogP contribution is 2.26. The second-order valence-electron chi connectivity index (χ2n) is 5.65. The summed E-state index contributed by atoms with van der Waals surface area (Å²) in [5.41, 5.74) is 9.19. The molecule has 0 atom stereocenters. The fraction of sp³-hybridized carbons (Fsp3) is 0.688. The molecule has 0 aromatic carbocycles. The van der Waals surface area contributed by atoms with Crippen molar-refractivity contribution >= 4 is 23.0 Å². The molecule has 0 unspecified atom stereocenters. The van der Waals surface area contributed by atoms with Crippen molar-refractivity contribution in [1.82, 2.24) is 10.2 Å². The van der Waals surface area contributed by atoms with Crippen molar-refractivity contribution in [1.29, 1.82) is 0 Å². The smallest absolute Gasteiger partial charge is 0.161 e. The Hall–Kier alpha value is -1.23. The van der Waals surface area contributed by atoms with Crippen LogP contribution in [-0.2, 0) is 12.8 Å². The van der Waals surface area contributed by atoms with Gasteiger partial charge in [0.25, 0.3) is 0 Å². The van der Waals surface area contributed by atoms with Crippen molar-refractivity contribution in [2.24, 2.45) is 5.73 Å². The van der Waals surface area contributed by atoms with Crippen LogP contribution in [0.4, 0.5) is 5.82 Å². The molecule has 0 bridgehead atoms. The molecule has 0 saturated carbocycles. The van der Waals surface area contributed by atoms with Gasteiger partial charge < -0.3 is 10.6 Å². The summed E-state index contributed by atoms with van der Waals surface area (Å²) in [5, 5.41) is 8.92. The lowest BCUT2D eigenvalue weighted by atomic mass is 10.0. The molecule has 1 aromatic rings. The van der Waals surface area contributed by atoms with Crippen molar-refractivity contribution in [2.75, 3.05) is 18.0 Å². The lowest BCUT2D eigenvalue weighted by Crippen LogP contribution is -2.32. The molecular weight excluding hydrogens is 280 g/mol. The Labute approximate surface area is 133 Å². The van der Waals surface area contributed by atoms with E-state index in [1.165, 1.54) is 37.7 Å². The van der Waals surface area contributed by atoms with Crippen molar-refractivity contribution in [3.8, 4) is 0 Å². The summed E-state index contributed by atoms with van der Waals surface area (Å²) in [6, 6.07) is 0. The average molecular weight is 306 g/mol. The molecular formula is C16H26N4S. The van der Waals surface area contributed by atoms with Crippen LogP contribution in [0, 0.1) is 0 Å². The minimum Gasteiger partial charge on any atom is -0.389 e. The van der Waals surface area contributed by atoms with Gasteiger partial charge in [-0.3, -0.25) is 0 Å². The van der Waals surface area contributed by atoms with E-state index in [1.54, 1.807) is 0 Å². The number of nitrogens with two attached hydrogens (primary N) is 1.